The van der Waals surface area contributed by atoms with E-state index in [4.69, 9.17) is 9.47 Å². The maximum atomic E-state index is 13.2. The van der Waals surface area contributed by atoms with Gasteiger partial charge in [0.25, 0.3) is 11.8 Å². The number of amides is 2. The second-order valence-electron chi connectivity index (χ2n) is 6.53. The fourth-order valence-corrected chi connectivity index (χ4v) is 3.99. The molecule has 0 bridgehead atoms. The number of carbonyl (C=O) groups is 2. The summed E-state index contributed by atoms with van der Waals surface area (Å²) in [5, 5.41) is 9.20. The molecule has 2 aromatic carbocycles. The summed E-state index contributed by atoms with van der Waals surface area (Å²) in [6.45, 7) is 2.01. The second kappa shape index (κ2) is 9.15. The van der Waals surface area contributed by atoms with Gasteiger partial charge in [0.1, 0.15) is 0 Å². The van der Waals surface area contributed by atoms with E-state index < -0.39 is 0 Å². The zero-order valence-electron chi connectivity index (χ0n) is 16.6. The Bertz CT molecular complexity index is 952. The molecule has 1 aliphatic rings. The summed E-state index contributed by atoms with van der Waals surface area (Å²) in [6.07, 6.45) is 0. The van der Waals surface area contributed by atoms with Gasteiger partial charge in [0.15, 0.2) is 11.5 Å². The molecule has 1 aliphatic heterocycles. The van der Waals surface area contributed by atoms with Crippen molar-refractivity contribution in [3.05, 3.63) is 64.1 Å². The first kappa shape index (κ1) is 21.0. The molecule has 0 fully saturated rings. The number of methoxy groups -OCH3 is 2. The topological polar surface area (TPSA) is 76.1 Å². The van der Waals surface area contributed by atoms with Crippen LogP contribution in [0.1, 0.15) is 16.7 Å². The van der Waals surface area contributed by atoms with Gasteiger partial charge in [-0.15, -0.1) is 11.8 Å². The third kappa shape index (κ3) is 4.31. The average molecular weight is 413 g/mol. The molecule has 1 N–H and O–H groups in total. The van der Waals surface area contributed by atoms with Crippen molar-refractivity contribution < 1.29 is 24.2 Å². The van der Waals surface area contributed by atoms with Crippen molar-refractivity contribution in [2.24, 2.45) is 0 Å². The van der Waals surface area contributed by atoms with Gasteiger partial charge in [-0.2, -0.15) is 0 Å². The number of aryl methyl sites for hydroxylation is 1. The highest BCUT2D eigenvalue weighted by Crippen LogP contribution is 2.37. The zero-order chi connectivity index (χ0) is 21.0. The van der Waals surface area contributed by atoms with E-state index in [1.807, 2.05) is 31.2 Å². The van der Waals surface area contributed by atoms with Gasteiger partial charge in [-0.05, 0) is 30.2 Å². The SMILES string of the molecule is COc1ccc(CN2C(=O)C(SCCO)=C(c3ccc(C)cc3)C2=O)cc1OC. The van der Waals surface area contributed by atoms with Crippen LogP contribution < -0.4 is 9.47 Å². The molecule has 2 amide bonds. The van der Waals surface area contributed by atoms with Crippen LogP contribution in [-0.4, -0.2) is 48.4 Å². The highest BCUT2D eigenvalue weighted by Gasteiger charge is 2.39. The molecular formula is C22H23NO5S. The first-order valence-corrected chi connectivity index (χ1v) is 10.1. The Kier molecular flexibility index (Phi) is 6.61. The van der Waals surface area contributed by atoms with Crippen LogP contribution in [0.2, 0.25) is 0 Å². The van der Waals surface area contributed by atoms with Crippen molar-refractivity contribution in [2.75, 3.05) is 26.6 Å². The van der Waals surface area contributed by atoms with Crippen LogP contribution in [0.3, 0.4) is 0 Å². The van der Waals surface area contributed by atoms with Gasteiger partial charge in [0.05, 0.1) is 37.8 Å². The second-order valence-corrected chi connectivity index (χ2v) is 7.63. The number of ether oxygens (including phenoxy) is 2. The molecule has 6 nitrogen and oxygen atoms in total. The summed E-state index contributed by atoms with van der Waals surface area (Å²) < 4.78 is 10.6. The molecule has 7 heteroatoms. The van der Waals surface area contributed by atoms with Crippen molar-refractivity contribution in [3.63, 3.8) is 0 Å². The van der Waals surface area contributed by atoms with Gasteiger partial charge >= 0.3 is 0 Å². The number of aliphatic hydroxyl groups excluding tert-OH is 1. The average Bonchev–Trinajstić information content (AvgIpc) is 2.96. The molecule has 0 unspecified atom stereocenters. The van der Waals surface area contributed by atoms with E-state index in [-0.39, 0.29) is 25.0 Å². The summed E-state index contributed by atoms with van der Waals surface area (Å²) in [5.41, 5.74) is 2.90. The number of nitrogens with zero attached hydrogens (tertiary/aromatic N) is 1. The Morgan fingerprint density at radius 1 is 0.966 bits per heavy atom. The largest absolute Gasteiger partial charge is 0.493 e. The Morgan fingerprint density at radius 3 is 2.28 bits per heavy atom. The first-order chi connectivity index (χ1) is 14.0. The van der Waals surface area contributed by atoms with Gasteiger partial charge in [-0.25, -0.2) is 0 Å². The predicted octanol–water partition coefficient (Wildman–Crippen LogP) is 3.02. The van der Waals surface area contributed by atoms with Crippen molar-refractivity contribution in [3.8, 4) is 11.5 Å². The van der Waals surface area contributed by atoms with Gasteiger partial charge < -0.3 is 14.6 Å². The standard InChI is InChI=1S/C22H23NO5S/c1-14-4-7-16(8-5-14)19-20(29-11-10-24)22(26)23(21(19)25)13-15-6-9-17(27-2)18(12-15)28-3/h4-9,12,24H,10-11,13H2,1-3H3. The van der Waals surface area contributed by atoms with E-state index in [2.05, 4.69) is 0 Å². The number of imide groups is 1. The normalized spacial score (nSPS) is 14.0. The van der Waals surface area contributed by atoms with E-state index in [0.717, 1.165) is 11.1 Å². The van der Waals surface area contributed by atoms with Crippen molar-refractivity contribution >= 4 is 29.1 Å². The summed E-state index contributed by atoms with van der Waals surface area (Å²) in [7, 11) is 3.09. The summed E-state index contributed by atoms with van der Waals surface area (Å²) in [6, 6.07) is 12.8. The summed E-state index contributed by atoms with van der Waals surface area (Å²) in [5.74, 6) is 0.764. The zero-order valence-corrected chi connectivity index (χ0v) is 17.4. The lowest BCUT2D eigenvalue weighted by molar-refractivity contribution is -0.137. The van der Waals surface area contributed by atoms with Gasteiger partial charge in [0.2, 0.25) is 0 Å². The predicted molar refractivity (Wildman–Crippen MR) is 113 cm³/mol. The van der Waals surface area contributed by atoms with Crippen LogP contribution in [0, 0.1) is 6.92 Å². The Labute approximate surface area is 174 Å². The van der Waals surface area contributed by atoms with Crippen LogP contribution in [0.5, 0.6) is 11.5 Å². The number of hydrogen-bond donors (Lipinski definition) is 1. The number of carbonyl (C=O) groups excluding carboxylic acids is 2. The van der Waals surface area contributed by atoms with Crippen LogP contribution in [-0.2, 0) is 16.1 Å². The molecule has 0 saturated heterocycles. The molecule has 152 valence electrons. The maximum Gasteiger partial charge on any atom is 0.268 e. The number of benzene rings is 2. The third-order valence-electron chi connectivity index (χ3n) is 4.59. The lowest BCUT2D eigenvalue weighted by atomic mass is 10.0. The van der Waals surface area contributed by atoms with Gasteiger partial charge in [-0.1, -0.05) is 35.9 Å². The molecule has 0 atom stereocenters. The molecule has 0 aliphatic carbocycles. The summed E-state index contributed by atoms with van der Waals surface area (Å²) >= 11 is 1.20. The van der Waals surface area contributed by atoms with E-state index in [1.54, 1.807) is 25.3 Å². The fraction of sp³-hybridized carbons (Fsp3) is 0.273. The number of hydrogen-bond acceptors (Lipinski definition) is 6. The maximum absolute atomic E-state index is 13.2. The van der Waals surface area contributed by atoms with Crippen LogP contribution in [0.25, 0.3) is 5.57 Å². The van der Waals surface area contributed by atoms with E-state index in [9.17, 15) is 14.7 Å². The smallest absolute Gasteiger partial charge is 0.268 e. The van der Waals surface area contributed by atoms with E-state index in [0.29, 0.717) is 33.3 Å². The molecule has 0 saturated carbocycles. The lowest BCUT2D eigenvalue weighted by Gasteiger charge is -2.16. The van der Waals surface area contributed by atoms with Crippen LogP contribution in [0.15, 0.2) is 47.4 Å². The monoisotopic (exact) mass is 413 g/mol. The number of rotatable bonds is 8. The Morgan fingerprint density at radius 2 is 1.66 bits per heavy atom. The Hall–Kier alpha value is -2.77. The summed E-state index contributed by atoms with van der Waals surface area (Å²) in [4.78, 5) is 27.8. The molecule has 0 aromatic heterocycles. The molecule has 2 aromatic rings. The minimum Gasteiger partial charge on any atom is -0.493 e. The molecule has 0 spiro atoms. The van der Waals surface area contributed by atoms with Crippen LogP contribution in [0.4, 0.5) is 0 Å². The van der Waals surface area contributed by atoms with E-state index in [1.165, 1.54) is 23.8 Å². The molecule has 3 rings (SSSR count). The number of aliphatic hydroxyl groups is 1. The van der Waals surface area contributed by atoms with Gasteiger partial charge in [0, 0.05) is 5.75 Å². The highest BCUT2D eigenvalue weighted by atomic mass is 32.2. The fourth-order valence-electron chi connectivity index (χ4n) is 3.12. The minimum atomic E-state index is -0.348. The van der Waals surface area contributed by atoms with Crippen LogP contribution >= 0.6 is 11.8 Å². The highest BCUT2D eigenvalue weighted by molar-refractivity contribution is 8.04. The molecule has 0 radical (unpaired) electrons. The van der Waals surface area contributed by atoms with Gasteiger partial charge in [-0.3, -0.25) is 14.5 Å². The quantitative estimate of drug-likeness (QED) is 0.671. The minimum absolute atomic E-state index is 0.0769. The van der Waals surface area contributed by atoms with Crippen molar-refractivity contribution in [1.82, 2.24) is 4.90 Å². The third-order valence-corrected chi connectivity index (χ3v) is 5.65. The molecule has 1 heterocycles. The Balaban J connectivity index is 1.93. The lowest BCUT2D eigenvalue weighted by Crippen LogP contribution is -2.31. The van der Waals surface area contributed by atoms with Crippen molar-refractivity contribution in [1.29, 1.82) is 0 Å². The molecule has 29 heavy (non-hydrogen) atoms. The number of thioether (sulfide) groups is 1. The molecular weight excluding hydrogens is 390 g/mol. The van der Waals surface area contributed by atoms with E-state index >= 15 is 0 Å². The first-order valence-electron chi connectivity index (χ1n) is 9.12. The van der Waals surface area contributed by atoms with Crippen molar-refractivity contribution in [2.45, 2.75) is 13.5 Å².